The zero-order chi connectivity index (χ0) is 26.7. The molecule has 196 valence electrons. The molecule has 1 N–H and O–H groups in total. The minimum Gasteiger partial charge on any atom is -0.497 e. The lowest BCUT2D eigenvalue weighted by molar-refractivity contribution is 0.0203. The summed E-state index contributed by atoms with van der Waals surface area (Å²) < 4.78 is 12.5. The number of likely N-dealkylation sites (tertiary alicyclic amines) is 1. The molecule has 0 unspecified atom stereocenters. The molecule has 2 aromatic carbocycles. The Morgan fingerprint density at radius 2 is 1.76 bits per heavy atom. The number of hydrogen-bond acceptors (Lipinski definition) is 5. The van der Waals surface area contributed by atoms with Gasteiger partial charge in [-0.2, -0.15) is 5.10 Å². The highest BCUT2D eigenvalue weighted by molar-refractivity contribution is 6.31. The van der Waals surface area contributed by atoms with E-state index in [1.807, 2.05) is 45.9 Å². The van der Waals surface area contributed by atoms with Gasteiger partial charge in [0.1, 0.15) is 11.4 Å². The second kappa shape index (κ2) is 10.8. The second-order valence-corrected chi connectivity index (χ2v) is 10.6. The van der Waals surface area contributed by atoms with Gasteiger partial charge in [0, 0.05) is 29.7 Å². The minimum atomic E-state index is -0.552. The van der Waals surface area contributed by atoms with Crippen molar-refractivity contribution in [1.82, 2.24) is 14.7 Å². The highest BCUT2D eigenvalue weighted by Gasteiger charge is 2.32. The zero-order valence-electron chi connectivity index (χ0n) is 21.9. The van der Waals surface area contributed by atoms with Gasteiger partial charge in [0.05, 0.1) is 30.3 Å². The predicted octanol–water partition coefficient (Wildman–Crippen LogP) is 6.21. The van der Waals surface area contributed by atoms with Gasteiger partial charge >= 0.3 is 6.09 Å². The first-order valence-corrected chi connectivity index (χ1v) is 12.7. The van der Waals surface area contributed by atoms with Gasteiger partial charge in [0.2, 0.25) is 0 Å². The molecule has 1 saturated heterocycles. The van der Waals surface area contributed by atoms with Gasteiger partial charge < -0.3 is 19.7 Å². The maximum atomic E-state index is 13.4. The lowest BCUT2D eigenvalue weighted by Crippen LogP contribution is -2.41. The largest absolute Gasteiger partial charge is 0.497 e. The third-order valence-corrected chi connectivity index (χ3v) is 6.74. The molecule has 2 heterocycles. The Labute approximate surface area is 222 Å². The van der Waals surface area contributed by atoms with E-state index in [4.69, 9.17) is 21.1 Å². The van der Waals surface area contributed by atoms with Gasteiger partial charge in [-0.3, -0.25) is 4.79 Å². The van der Waals surface area contributed by atoms with Gasteiger partial charge in [0.15, 0.2) is 0 Å². The van der Waals surface area contributed by atoms with E-state index in [9.17, 15) is 9.59 Å². The van der Waals surface area contributed by atoms with Crippen molar-refractivity contribution in [3.8, 4) is 11.4 Å². The number of nitrogens with zero attached hydrogens (tertiary/aromatic N) is 3. The van der Waals surface area contributed by atoms with Crippen LogP contribution in [0.4, 0.5) is 10.5 Å². The first-order chi connectivity index (χ1) is 17.6. The second-order valence-electron chi connectivity index (χ2n) is 10.2. The summed E-state index contributed by atoms with van der Waals surface area (Å²) in [6, 6.07) is 12.9. The summed E-state index contributed by atoms with van der Waals surface area (Å²) in [7, 11) is 1.60. The third kappa shape index (κ3) is 6.25. The number of carbonyl (C=O) groups is 2. The number of anilines is 1. The highest BCUT2D eigenvalue weighted by Crippen LogP contribution is 2.34. The number of hydrogen-bond donors (Lipinski definition) is 1. The van der Waals surface area contributed by atoms with Crippen molar-refractivity contribution in [3.63, 3.8) is 0 Å². The van der Waals surface area contributed by atoms with Gasteiger partial charge in [0.25, 0.3) is 5.91 Å². The fraction of sp³-hybridized carbons (Fsp3) is 0.393. The smallest absolute Gasteiger partial charge is 0.410 e. The van der Waals surface area contributed by atoms with Crippen molar-refractivity contribution in [2.45, 2.75) is 52.1 Å². The fourth-order valence-electron chi connectivity index (χ4n) is 4.38. The first-order valence-electron chi connectivity index (χ1n) is 12.3. The molecule has 8 nitrogen and oxygen atoms in total. The molecule has 0 aliphatic carbocycles. The number of halogens is 1. The summed E-state index contributed by atoms with van der Waals surface area (Å²) >= 11 is 6.42. The van der Waals surface area contributed by atoms with Crippen LogP contribution in [0.5, 0.6) is 5.75 Å². The number of rotatable bonds is 5. The molecule has 1 aromatic heterocycles. The van der Waals surface area contributed by atoms with Crippen molar-refractivity contribution in [1.29, 1.82) is 0 Å². The van der Waals surface area contributed by atoms with Crippen molar-refractivity contribution in [2.24, 2.45) is 0 Å². The van der Waals surface area contributed by atoms with Gasteiger partial charge in [-0.15, -0.1) is 0 Å². The summed E-state index contributed by atoms with van der Waals surface area (Å²) in [6.45, 7) is 8.57. The fourth-order valence-corrected chi connectivity index (χ4v) is 4.55. The lowest BCUT2D eigenvalue weighted by atomic mass is 9.90. The number of benzene rings is 2. The molecule has 0 saturated carbocycles. The van der Waals surface area contributed by atoms with Crippen LogP contribution < -0.4 is 10.1 Å². The number of carbonyl (C=O) groups excluding carboxylic acids is 2. The molecule has 1 aliphatic heterocycles. The molecular weight excluding hydrogens is 492 g/mol. The highest BCUT2D eigenvalue weighted by atomic mass is 35.5. The van der Waals surface area contributed by atoms with E-state index in [-0.39, 0.29) is 17.9 Å². The van der Waals surface area contributed by atoms with E-state index in [1.165, 1.54) is 0 Å². The van der Waals surface area contributed by atoms with Gasteiger partial charge in [-0.1, -0.05) is 17.7 Å². The number of methoxy groups -OCH3 is 1. The minimum absolute atomic E-state index is 0.0119. The Kier molecular flexibility index (Phi) is 7.78. The summed E-state index contributed by atoms with van der Waals surface area (Å²) in [5.41, 5.74) is 3.14. The lowest BCUT2D eigenvalue weighted by Gasteiger charge is -2.34. The van der Waals surface area contributed by atoms with Crippen LogP contribution in [0.1, 0.15) is 61.1 Å². The SMILES string of the molecule is COc1ccc(NC(=O)c2cnn(-c3ccc(C)c(Cl)c3)c2C2CCN(C(=O)OC(C)(C)C)CC2)cc1. The third-order valence-electron chi connectivity index (χ3n) is 6.33. The number of aryl methyl sites for hydroxylation is 1. The van der Waals surface area contributed by atoms with Crippen molar-refractivity contribution in [2.75, 3.05) is 25.5 Å². The quantitative estimate of drug-likeness (QED) is 0.429. The van der Waals surface area contributed by atoms with Crippen LogP contribution in [0.25, 0.3) is 5.69 Å². The van der Waals surface area contributed by atoms with E-state index in [1.54, 1.807) is 47.2 Å². The molecule has 3 aromatic rings. The van der Waals surface area contributed by atoms with Gasteiger partial charge in [-0.05, 0) is 82.5 Å². The Morgan fingerprint density at radius 3 is 2.35 bits per heavy atom. The number of aromatic nitrogens is 2. The number of nitrogens with one attached hydrogen (secondary N) is 1. The molecule has 9 heteroatoms. The average molecular weight is 525 g/mol. The summed E-state index contributed by atoms with van der Waals surface area (Å²) in [5, 5.41) is 8.19. The zero-order valence-corrected chi connectivity index (χ0v) is 22.6. The monoisotopic (exact) mass is 524 g/mol. The predicted molar refractivity (Wildman–Crippen MR) is 144 cm³/mol. The normalized spacial score (nSPS) is 14.4. The van der Waals surface area contributed by atoms with Crippen molar-refractivity contribution >= 4 is 29.3 Å². The van der Waals surface area contributed by atoms with Crippen molar-refractivity contribution in [3.05, 3.63) is 70.5 Å². The summed E-state index contributed by atoms with van der Waals surface area (Å²) in [4.78, 5) is 27.7. The van der Waals surface area contributed by atoms with E-state index >= 15 is 0 Å². The molecular formula is C28H33ClN4O4. The molecule has 0 bridgehead atoms. The topological polar surface area (TPSA) is 85.7 Å². The molecule has 37 heavy (non-hydrogen) atoms. The Morgan fingerprint density at radius 1 is 1.08 bits per heavy atom. The Balaban J connectivity index is 1.62. The molecule has 0 atom stereocenters. The molecule has 4 rings (SSSR count). The standard InChI is InChI=1S/C28H33ClN4O4/c1-18-6-9-21(16-24(18)29)33-25(19-12-14-32(15-13-19)27(35)37-28(2,3)4)23(17-30-33)26(34)31-20-7-10-22(36-5)11-8-20/h6-11,16-17,19H,12-15H2,1-5H3,(H,31,34). The maximum absolute atomic E-state index is 13.4. The number of piperidine rings is 1. The summed E-state index contributed by atoms with van der Waals surface area (Å²) in [5.74, 6) is 0.469. The number of ether oxygens (including phenoxy) is 2. The van der Waals surface area contributed by atoms with Gasteiger partial charge in [-0.25, -0.2) is 9.48 Å². The van der Waals surface area contributed by atoms with Crippen LogP contribution in [0.2, 0.25) is 5.02 Å². The van der Waals surface area contributed by atoms with E-state index in [0.29, 0.717) is 48.0 Å². The Bertz CT molecular complexity index is 1270. The number of amides is 2. The van der Waals surface area contributed by atoms with Crippen molar-refractivity contribution < 1.29 is 19.1 Å². The summed E-state index contributed by atoms with van der Waals surface area (Å²) in [6.07, 6.45) is 2.63. The van der Waals surface area contributed by atoms with Crippen LogP contribution in [0, 0.1) is 6.92 Å². The molecule has 2 amide bonds. The van der Waals surface area contributed by atoms with Crippen LogP contribution >= 0.6 is 11.6 Å². The average Bonchev–Trinajstić information content (AvgIpc) is 3.30. The van der Waals surface area contributed by atoms with Crippen LogP contribution in [0.15, 0.2) is 48.7 Å². The molecule has 0 radical (unpaired) electrons. The van der Waals surface area contributed by atoms with E-state index in [0.717, 1.165) is 16.9 Å². The maximum Gasteiger partial charge on any atom is 0.410 e. The molecule has 0 spiro atoms. The first kappa shape index (κ1) is 26.5. The van der Waals surface area contributed by atoms with Crippen LogP contribution in [-0.4, -0.2) is 52.5 Å². The van der Waals surface area contributed by atoms with Crippen LogP contribution in [0.3, 0.4) is 0 Å². The van der Waals surface area contributed by atoms with Crippen LogP contribution in [-0.2, 0) is 4.74 Å². The van der Waals surface area contributed by atoms with E-state index in [2.05, 4.69) is 10.4 Å². The molecule has 1 aliphatic rings. The Hall–Kier alpha value is -3.52. The van der Waals surface area contributed by atoms with E-state index < -0.39 is 5.60 Å². The molecule has 1 fully saturated rings.